The summed E-state index contributed by atoms with van der Waals surface area (Å²) in [6.07, 6.45) is 9.61. The van der Waals surface area contributed by atoms with Crippen LogP contribution in [-0.2, 0) is 0 Å². The van der Waals surface area contributed by atoms with Crippen LogP contribution in [0.15, 0.2) is 34.7 Å². The van der Waals surface area contributed by atoms with Crippen LogP contribution >= 0.6 is 12.6 Å². The zero-order valence-electron chi connectivity index (χ0n) is 6.64. The van der Waals surface area contributed by atoms with E-state index in [-0.39, 0.29) is 4.80 Å². The smallest absolute Gasteiger partial charge is 0.423 e. The molecule has 0 amide bonds. The fraction of sp³-hybridized carbons (Fsp3) is 0.250. The molecule has 64 valence electrons. The van der Waals surface area contributed by atoms with E-state index >= 15 is 0 Å². The summed E-state index contributed by atoms with van der Waals surface area (Å²) in [4.78, 5) is 0.288. The van der Waals surface area contributed by atoms with E-state index in [1.807, 2.05) is 12.2 Å². The molecule has 0 aromatic heterocycles. The third kappa shape index (κ3) is 2.89. The maximum absolute atomic E-state index is 8.72. The normalized spacial score (nSPS) is 17.6. The molecule has 1 aliphatic carbocycles. The average molecular weight is 182 g/mol. The molecule has 0 spiro atoms. The third-order valence-corrected chi connectivity index (χ3v) is 2.00. The Morgan fingerprint density at radius 3 is 2.83 bits per heavy atom. The summed E-state index contributed by atoms with van der Waals surface area (Å²) in [6.45, 7) is 0. The lowest BCUT2D eigenvalue weighted by Gasteiger charge is -2.04. The minimum atomic E-state index is -1.46. The Bertz CT molecular complexity index is 243. The molecule has 4 heteroatoms. The zero-order valence-corrected chi connectivity index (χ0v) is 7.54. The molecule has 2 N–H and O–H groups in total. The Morgan fingerprint density at radius 1 is 1.58 bits per heavy atom. The fourth-order valence-corrected chi connectivity index (χ4v) is 1.17. The molecule has 2 nitrogen and oxygen atoms in total. The Morgan fingerprint density at radius 2 is 2.33 bits per heavy atom. The summed E-state index contributed by atoms with van der Waals surface area (Å²) in [5.41, 5.74) is 1.08. The van der Waals surface area contributed by atoms with Crippen LogP contribution < -0.4 is 0 Å². The van der Waals surface area contributed by atoms with E-state index in [1.165, 1.54) is 0 Å². The summed E-state index contributed by atoms with van der Waals surface area (Å²) in [7, 11) is -1.46. The van der Waals surface area contributed by atoms with Gasteiger partial charge in [0.2, 0.25) is 0 Å². The minimum Gasteiger partial charge on any atom is -0.423 e. The molecule has 0 unspecified atom stereocenters. The highest BCUT2D eigenvalue weighted by Gasteiger charge is 2.10. The standard InChI is InChI=1S/C8H11BO2S/c10-9(11)8(12)6-7-4-2-1-3-5-7/h1-2,4,6,10-12H,3,5H2/b8-6-. The SMILES string of the molecule is OB(O)/C(S)=C/C1=CC=CCC1. The first kappa shape index (κ1) is 9.64. The van der Waals surface area contributed by atoms with Crippen LogP contribution in [0.1, 0.15) is 12.8 Å². The highest BCUT2D eigenvalue weighted by atomic mass is 32.1. The lowest BCUT2D eigenvalue weighted by atomic mass is 9.88. The van der Waals surface area contributed by atoms with Gasteiger partial charge < -0.3 is 10.0 Å². The number of hydrogen-bond donors (Lipinski definition) is 3. The van der Waals surface area contributed by atoms with Gasteiger partial charge in [0.15, 0.2) is 0 Å². The predicted octanol–water partition coefficient (Wildman–Crippen LogP) is 1.09. The third-order valence-electron chi connectivity index (χ3n) is 1.64. The summed E-state index contributed by atoms with van der Waals surface area (Å²) in [6, 6.07) is 0. The maximum Gasteiger partial charge on any atom is 0.494 e. The minimum absolute atomic E-state index is 0.288. The summed E-state index contributed by atoms with van der Waals surface area (Å²) in [5.74, 6) is 0. The van der Waals surface area contributed by atoms with Gasteiger partial charge in [-0.3, -0.25) is 0 Å². The first-order valence-corrected chi connectivity index (χ1v) is 4.27. The number of thiol groups is 1. The van der Waals surface area contributed by atoms with Crippen LogP contribution in [0.3, 0.4) is 0 Å². The summed E-state index contributed by atoms with van der Waals surface area (Å²) < 4.78 is 0. The van der Waals surface area contributed by atoms with Crippen molar-refractivity contribution in [1.29, 1.82) is 0 Å². The van der Waals surface area contributed by atoms with Crippen LogP contribution in [0.4, 0.5) is 0 Å². The Kier molecular flexibility index (Phi) is 3.65. The quantitative estimate of drug-likeness (QED) is 0.442. The topological polar surface area (TPSA) is 40.5 Å². The molecular formula is C8H11BO2S. The van der Waals surface area contributed by atoms with Crippen molar-refractivity contribution in [2.75, 3.05) is 0 Å². The molecule has 1 aliphatic rings. The largest absolute Gasteiger partial charge is 0.494 e. The van der Waals surface area contributed by atoms with E-state index in [4.69, 9.17) is 10.0 Å². The average Bonchev–Trinajstić information content (AvgIpc) is 2.06. The maximum atomic E-state index is 8.72. The van der Waals surface area contributed by atoms with Crippen LogP contribution in [0.5, 0.6) is 0 Å². The van der Waals surface area contributed by atoms with Gasteiger partial charge >= 0.3 is 7.12 Å². The van der Waals surface area contributed by atoms with Gasteiger partial charge in [-0.25, -0.2) is 0 Å². The van der Waals surface area contributed by atoms with Crippen molar-refractivity contribution < 1.29 is 10.0 Å². The van der Waals surface area contributed by atoms with Gasteiger partial charge in [-0.1, -0.05) is 24.3 Å². The Labute approximate surface area is 77.9 Å². The molecule has 0 fully saturated rings. The lowest BCUT2D eigenvalue weighted by molar-refractivity contribution is 0.423. The molecule has 1 rings (SSSR count). The number of rotatable bonds is 2. The van der Waals surface area contributed by atoms with Crippen molar-refractivity contribution in [2.45, 2.75) is 12.8 Å². The van der Waals surface area contributed by atoms with Crippen LogP contribution in [0.25, 0.3) is 0 Å². The molecule has 0 aliphatic heterocycles. The number of allylic oxidation sites excluding steroid dienone is 5. The van der Waals surface area contributed by atoms with E-state index in [1.54, 1.807) is 6.08 Å². The Hall–Kier alpha value is -0.445. The van der Waals surface area contributed by atoms with Crippen molar-refractivity contribution in [3.63, 3.8) is 0 Å². The first-order valence-electron chi connectivity index (χ1n) is 3.82. The monoisotopic (exact) mass is 182 g/mol. The molecule has 0 aromatic rings. The highest BCUT2D eigenvalue weighted by Crippen LogP contribution is 2.16. The molecule has 0 saturated carbocycles. The van der Waals surface area contributed by atoms with E-state index < -0.39 is 7.12 Å². The van der Waals surface area contributed by atoms with Gasteiger partial charge in [0, 0.05) is 4.80 Å². The van der Waals surface area contributed by atoms with Gasteiger partial charge in [0.1, 0.15) is 0 Å². The van der Waals surface area contributed by atoms with Gasteiger partial charge in [0.25, 0.3) is 0 Å². The second-order valence-corrected chi connectivity index (χ2v) is 3.17. The first-order chi connectivity index (χ1) is 5.70. The van der Waals surface area contributed by atoms with Gasteiger partial charge in [-0.05, 0) is 18.4 Å². The van der Waals surface area contributed by atoms with Crippen LogP contribution in [-0.4, -0.2) is 17.2 Å². The van der Waals surface area contributed by atoms with E-state index in [0.29, 0.717) is 0 Å². The van der Waals surface area contributed by atoms with Crippen molar-refractivity contribution in [3.8, 4) is 0 Å². The highest BCUT2D eigenvalue weighted by molar-refractivity contribution is 7.86. The number of hydrogen-bond acceptors (Lipinski definition) is 3. The van der Waals surface area contributed by atoms with E-state index in [2.05, 4.69) is 18.7 Å². The molecule has 0 radical (unpaired) electrons. The molecule has 0 aromatic carbocycles. The molecule has 0 heterocycles. The Balaban J connectivity index is 2.65. The summed E-state index contributed by atoms with van der Waals surface area (Å²) in [5, 5.41) is 17.4. The zero-order chi connectivity index (χ0) is 8.97. The van der Waals surface area contributed by atoms with Crippen LogP contribution in [0, 0.1) is 0 Å². The second-order valence-electron chi connectivity index (χ2n) is 2.65. The second kappa shape index (κ2) is 4.55. The van der Waals surface area contributed by atoms with Crippen LogP contribution in [0.2, 0.25) is 0 Å². The molecule has 0 atom stereocenters. The molecule has 12 heavy (non-hydrogen) atoms. The van der Waals surface area contributed by atoms with Gasteiger partial charge in [0.05, 0.1) is 0 Å². The van der Waals surface area contributed by atoms with Crippen molar-refractivity contribution in [1.82, 2.24) is 0 Å². The van der Waals surface area contributed by atoms with Crippen molar-refractivity contribution in [2.24, 2.45) is 0 Å². The lowest BCUT2D eigenvalue weighted by Crippen LogP contribution is -2.11. The summed E-state index contributed by atoms with van der Waals surface area (Å²) >= 11 is 3.93. The van der Waals surface area contributed by atoms with Crippen molar-refractivity contribution in [3.05, 3.63) is 34.7 Å². The fourth-order valence-electron chi connectivity index (χ4n) is 1.01. The predicted molar refractivity (Wildman–Crippen MR) is 53.7 cm³/mol. The van der Waals surface area contributed by atoms with E-state index in [9.17, 15) is 0 Å². The van der Waals surface area contributed by atoms with Gasteiger partial charge in [-0.15, -0.1) is 0 Å². The van der Waals surface area contributed by atoms with Crippen molar-refractivity contribution >= 4 is 19.7 Å². The molecule has 0 saturated heterocycles. The van der Waals surface area contributed by atoms with E-state index in [0.717, 1.165) is 18.4 Å². The van der Waals surface area contributed by atoms with Gasteiger partial charge in [-0.2, -0.15) is 12.6 Å². The molecular weight excluding hydrogens is 171 g/mol. The molecule has 0 bridgehead atoms.